The smallest absolute Gasteiger partial charge is 0.328 e. The Labute approximate surface area is 229 Å². The maximum atomic E-state index is 12.4. The number of hydrogen-bond donors (Lipinski definition) is 2. The molecule has 8 nitrogen and oxygen atoms in total. The maximum absolute atomic E-state index is 12.4. The van der Waals surface area contributed by atoms with Gasteiger partial charge < -0.3 is 5.32 Å². The standard InChI is InChI=1S/C30H35N5O3S/c1-20-8-14-26(15-9-20)39(37,38)34-30(36)31-17-16-23-10-12-25(13-11-23)35-27(19-24-6-4-5-7-24)33-28-21(2)18-22(3)32-29(28)35/h8-15,18,24H,4-7,16-17,19H2,1-3H3,(H2,31,34,36). The lowest BCUT2D eigenvalue weighted by Gasteiger charge is -2.13. The third-order valence-electron chi connectivity index (χ3n) is 7.40. The molecule has 1 aliphatic carbocycles. The lowest BCUT2D eigenvalue weighted by molar-refractivity contribution is 0.246. The predicted molar refractivity (Wildman–Crippen MR) is 153 cm³/mol. The molecule has 0 radical (unpaired) electrons. The van der Waals surface area contributed by atoms with Crippen molar-refractivity contribution in [2.75, 3.05) is 6.54 Å². The Kier molecular flexibility index (Phi) is 7.70. The molecule has 1 fully saturated rings. The number of sulfonamides is 1. The van der Waals surface area contributed by atoms with Crippen molar-refractivity contribution >= 4 is 27.2 Å². The Balaban J connectivity index is 1.27. The van der Waals surface area contributed by atoms with E-state index in [9.17, 15) is 13.2 Å². The number of fused-ring (bicyclic) bond motifs is 1. The van der Waals surface area contributed by atoms with E-state index in [0.717, 1.165) is 51.5 Å². The fraction of sp³-hybridized carbons (Fsp3) is 0.367. The highest BCUT2D eigenvalue weighted by molar-refractivity contribution is 7.90. The van der Waals surface area contributed by atoms with Gasteiger partial charge >= 0.3 is 6.03 Å². The summed E-state index contributed by atoms with van der Waals surface area (Å²) in [6, 6.07) is 15.9. The van der Waals surface area contributed by atoms with Crippen LogP contribution in [0.2, 0.25) is 0 Å². The molecular weight excluding hydrogens is 510 g/mol. The highest BCUT2D eigenvalue weighted by atomic mass is 32.2. The first-order valence-corrected chi connectivity index (χ1v) is 15.0. The second kappa shape index (κ2) is 11.2. The molecule has 1 saturated carbocycles. The fourth-order valence-electron chi connectivity index (χ4n) is 5.35. The van der Waals surface area contributed by atoms with Crippen molar-refractivity contribution in [3.63, 3.8) is 0 Å². The molecule has 0 aliphatic heterocycles. The molecule has 2 amide bonds. The molecule has 0 unspecified atom stereocenters. The summed E-state index contributed by atoms with van der Waals surface area (Å²) in [7, 11) is -3.92. The molecule has 204 valence electrons. The van der Waals surface area contributed by atoms with Gasteiger partial charge in [-0.05, 0) is 74.6 Å². The van der Waals surface area contributed by atoms with Crippen LogP contribution in [0, 0.1) is 26.7 Å². The van der Waals surface area contributed by atoms with E-state index in [1.807, 2.05) is 26.0 Å². The van der Waals surface area contributed by atoms with Gasteiger partial charge in [-0.1, -0.05) is 55.5 Å². The van der Waals surface area contributed by atoms with Crippen LogP contribution in [0.15, 0.2) is 59.5 Å². The Morgan fingerprint density at radius 3 is 2.36 bits per heavy atom. The Morgan fingerprint density at radius 1 is 0.974 bits per heavy atom. The monoisotopic (exact) mass is 545 g/mol. The second-order valence-electron chi connectivity index (χ2n) is 10.6. The third kappa shape index (κ3) is 6.14. The quantitative estimate of drug-likeness (QED) is 0.312. The van der Waals surface area contributed by atoms with Crippen LogP contribution in [-0.4, -0.2) is 35.5 Å². The van der Waals surface area contributed by atoms with Crippen LogP contribution in [-0.2, 0) is 22.9 Å². The van der Waals surface area contributed by atoms with Gasteiger partial charge in [0.2, 0.25) is 0 Å². The van der Waals surface area contributed by atoms with Crippen LogP contribution in [0.3, 0.4) is 0 Å². The van der Waals surface area contributed by atoms with Crippen LogP contribution in [0.25, 0.3) is 16.9 Å². The number of carbonyl (C=O) groups is 1. The topological polar surface area (TPSA) is 106 Å². The third-order valence-corrected chi connectivity index (χ3v) is 8.75. The Hall–Kier alpha value is -3.72. The Morgan fingerprint density at radius 2 is 1.67 bits per heavy atom. The van der Waals surface area contributed by atoms with Gasteiger partial charge in [-0.3, -0.25) is 4.57 Å². The second-order valence-corrected chi connectivity index (χ2v) is 12.2. The number of urea groups is 1. The molecule has 2 aromatic heterocycles. The summed E-state index contributed by atoms with van der Waals surface area (Å²) in [4.78, 5) is 22.2. The molecule has 0 saturated heterocycles. The largest absolute Gasteiger partial charge is 0.337 e. The number of amides is 2. The minimum absolute atomic E-state index is 0.0537. The number of imidazole rings is 1. The molecular formula is C30H35N5O3S. The lowest BCUT2D eigenvalue weighted by Crippen LogP contribution is -2.40. The zero-order chi connectivity index (χ0) is 27.6. The molecule has 0 spiro atoms. The highest BCUT2D eigenvalue weighted by Crippen LogP contribution is 2.31. The summed E-state index contributed by atoms with van der Waals surface area (Å²) in [6.07, 6.45) is 6.59. The lowest BCUT2D eigenvalue weighted by atomic mass is 10.0. The SMILES string of the molecule is Cc1ccc(S(=O)(=O)NC(=O)NCCc2ccc(-n3c(CC4CCCC4)nc4c(C)cc(C)nc43)cc2)cc1. The number of nitrogens with zero attached hydrogens (tertiary/aromatic N) is 3. The van der Waals surface area contributed by atoms with E-state index < -0.39 is 16.1 Å². The molecule has 0 atom stereocenters. The molecule has 1 aliphatic rings. The van der Waals surface area contributed by atoms with Gasteiger partial charge in [-0.15, -0.1) is 0 Å². The number of nitrogens with one attached hydrogen (secondary N) is 2. The summed E-state index contributed by atoms with van der Waals surface area (Å²) in [5.41, 5.74) is 6.93. The number of pyridine rings is 1. The number of benzene rings is 2. The Bertz CT molecular complexity index is 1590. The minimum atomic E-state index is -3.92. The summed E-state index contributed by atoms with van der Waals surface area (Å²) >= 11 is 0. The van der Waals surface area contributed by atoms with Crippen LogP contribution in [0.5, 0.6) is 0 Å². The minimum Gasteiger partial charge on any atom is -0.337 e. The highest BCUT2D eigenvalue weighted by Gasteiger charge is 2.22. The van der Waals surface area contributed by atoms with Crippen LogP contribution in [0.4, 0.5) is 4.79 Å². The first-order valence-electron chi connectivity index (χ1n) is 13.5. The molecule has 2 N–H and O–H groups in total. The van der Waals surface area contributed by atoms with Gasteiger partial charge in [-0.2, -0.15) is 0 Å². The van der Waals surface area contributed by atoms with Gasteiger partial charge in [0.05, 0.1) is 4.90 Å². The predicted octanol–water partition coefficient (Wildman–Crippen LogP) is 5.31. The number of hydrogen-bond acceptors (Lipinski definition) is 5. The van der Waals surface area contributed by atoms with Crippen LogP contribution in [0.1, 0.15) is 53.9 Å². The van der Waals surface area contributed by atoms with Gasteiger partial charge in [0.15, 0.2) is 5.65 Å². The van der Waals surface area contributed by atoms with E-state index in [1.165, 1.54) is 37.8 Å². The summed E-state index contributed by atoms with van der Waals surface area (Å²) in [6.45, 7) is 6.27. The van der Waals surface area contributed by atoms with Crippen molar-refractivity contribution in [3.8, 4) is 5.69 Å². The first-order chi connectivity index (χ1) is 18.7. The summed E-state index contributed by atoms with van der Waals surface area (Å²) < 4.78 is 29.1. The molecule has 2 heterocycles. The van der Waals surface area contributed by atoms with Crippen LogP contribution < -0.4 is 10.0 Å². The van der Waals surface area contributed by atoms with E-state index in [-0.39, 0.29) is 4.90 Å². The van der Waals surface area contributed by atoms with Crippen LogP contribution >= 0.6 is 0 Å². The van der Waals surface area contributed by atoms with E-state index in [1.54, 1.807) is 12.1 Å². The van der Waals surface area contributed by atoms with Gasteiger partial charge in [0.1, 0.15) is 11.3 Å². The molecule has 9 heteroatoms. The summed E-state index contributed by atoms with van der Waals surface area (Å²) in [5.74, 6) is 1.72. The van der Waals surface area contributed by atoms with E-state index >= 15 is 0 Å². The molecule has 0 bridgehead atoms. The van der Waals surface area contributed by atoms with Crippen molar-refractivity contribution < 1.29 is 13.2 Å². The molecule has 39 heavy (non-hydrogen) atoms. The fourth-order valence-corrected chi connectivity index (χ4v) is 6.28. The average molecular weight is 546 g/mol. The van der Waals surface area contributed by atoms with Crippen molar-refractivity contribution in [2.24, 2.45) is 5.92 Å². The van der Waals surface area contributed by atoms with Crippen molar-refractivity contribution in [1.82, 2.24) is 24.6 Å². The number of aromatic nitrogens is 3. The van der Waals surface area contributed by atoms with E-state index in [2.05, 4.69) is 39.7 Å². The first kappa shape index (κ1) is 26.9. The zero-order valence-electron chi connectivity index (χ0n) is 22.7. The molecule has 4 aromatic rings. The van der Waals surface area contributed by atoms with Gasteiger partial charge in [-0.25, -0.2) is 27.9 Å². The number of carbonyl (C=O) groups excluding carboxylic acids is 1. The maximum Gasteiger partial charge on any atom is 0.328 e. The van der Waals surface area contributed by atoms with Crippen molar-refractivity contribution in [2.45, 2.75) is 64.2 Å². The molecule has 2 aromatic carbocycles. The molecule has 5 rings (SSSR count). The normalized spacial score (nSPS) is 14.1. The number of aryl methyl sites for hydroxylation is 3. The number of rotatable bonds is 8. The van der Waals surface area contributed by atoms with E-state index in [4.69, 9.17) is 9.97 Å². The van der Waals surface area contributed by atoms with Crippen molar-refractivity contribution in [1.29, 1.82) is 0 Å². The van der Waals surface area contributed by atoms with E-state index in [0.29, 0.717) is 18.9 Å². The van der Waals surface area contributed by atoms with Gasteiger partial charge in [0, 0.05) is 24.3 Å². The summed E-state index contributed by atoms with van der Waals surface area (Å²) in [5, 5.41) is 2.64. The average Bonchev–Trinajstić information content (AvgIpc) is 3.53. The van der Waals surface area contributed by atoms with Gasteiger partial charge in [0.25, 0.3) is 10.0 Å². The van der Waals surface area contributed by atoms with Crippen molar-refractivity contribution in [3.05, 3.63) is 82.8 Å². The zero-order valence-corrected chi connectivity index (χ0v) is 23.5.